The van der Waals surface area contributed by atoms with Gasteiger partial charge in [-0.15, -0.1) is 11.3 Å². The third kappa shape index (κ3) is 3.86. The number of carbonyl (C=O) groups excluding carboxylic acids is 1. The first kappa shape index (κ1) is 22.5. The number of carbonyl (C=O) groups is 1. The van der Waals surface area contributed by atoms with Crippen LogP contribution in [-0.2, 0) is 9.53 Å². The summed E-state index contributed by atoms with van der Waals surface area (Å²) in [7, 11) is 0. The molecule has 0 unspecified atom stereocenters. The summed E-state index contributed by atoms with van der Waals surface area (Å²) >= 11 is 2.78. The minimum atomic E-state index is -0.644. The number of thiophene rings is 1. The molecule has 9 heteroatoms. The Balaban J connectivity index is 1.60. The van der Waals surface area contributed by atoms with E-state index in [1.807, 2.05) is 72.1 Å². The normalized spacial score (nSPS) is 16.6. The SMILES string of the molecule is CCOC(=O)C1=C(c2ccccc2)N=c2s/c(=C\c3ccc4c(c3)OCO4)c(=O)n2[C@@H]1c1cccs1. The van der Waals surface area contributed by atoms with Crippen LogP contribution in [0.2, 0.25) is 0 Å². The summed E-state index contributed by atoms with van der Waals surface area (Å²) in [6, 6.07) is 18.3. The van der Waals surface area contributed by atoms with Gasteiger partial charge >= 0.3 is 5.97 Å². The van der Waals surface area contributed by atoms with Crippen LogP contribution < -0.4 is 24.4 Å². The number of fused-ring (bicyclic) bond motifs is 2. The van der Waals surface area contributed by atoms with Gasteiger partial charge in [0.2, 0.25) is 6.79 Å². The van der Waals surface area contributed by atoms with Crippen LogP contribution in [0.3, 0.4) is 0 Å². The molecule has 0 aliphatic carbocycles. The van der Waals surface area contributed by atoms with E-state index in [1.165, 1.54) is 22.7 Å². The zero-order valence-electron chi connectivity index (χ0n) is 19.2. The van der Waals surface area contributed by atoms with Crippen molar-refractivity contribution >= 4 is 40.4 Å². The van der Waals surface area contributed by atoms with Crippen molar-refractivity contribution in [3.63, 3.8) is 0 Å². The lowest BCUT2D eigenvalue weighted by atomic mass is 9.97. The molecule has 0 spiro atoms. The van der Waals surface area contributed by atoms with Gasteiger partial charge in [-0.05, 0) is 42.1 Å². The fourth-order valence-electron chi connectivity index (χ4n) is 4.31. The molecule has 2 aliphatic rings. The number of aromatic nitrogens is 1. The van der Waals surface area contributed by atoms with Gasteiger partial charge in [-0.25, -0.2) is 9.79 Å². The van der Waals surface area contributed by atoms with Gasteiger partial charge in [0.1, 0.15) is 6.04 Å². The Bertz CT molecular complexity index is 1670. The number of rotatable bonds is 5. The molecule has 36 heavy (non-hydrogen) atoms. The zero-order chi connectivity index (χ0) is 24.6. The van der Waals surface area contributed by atoms with E-state index in [9.17, 15) is 9.59 Å². The molecule has 0 saturated heterocycles. The molecular formula is C27H20N2O5S2. The molecule has 2 aliphatic heterocycles. The number of nitrogens with zero attached hydrogens (tertiary/aromatic N) is 2. The van der Waals surface area contributed by atoms with E-state index in [-0.39, 0.29) is 19.0 Å². The standard InChI is InChI=1S/C27H20N2O5S2/c1-2-32-26(31)22-23(17-7-4-3-5-8-17)28-27-29(24(22)20-9-6-12-35-20)25(30)21(36-27)14-16-10-11-18-19(13-16)34-15-33-18/h3-14,24H,2,15H2,1H3/b21-14-/t24-/m1/s1. The summed E-state index contributed by atoms with van der Waals surface area (Å²) in [6.07, 6.45) is 1.81. The van der Waals surface area contributed by atoms with Gasteiger partial charge in [0.05, 0.1) is 22.4 Å². The average molecular weight is 517 g/mol. The summed E-state index contributed by atoms with van der Waals surface area (Å²) in [5.41, 5.74) is 2.25. The van der Waals surface area contributed by atoms with Crippen molar-refractivity contribution in [1.29, 1.82) is 0 Å². The molecule has 180 valence electrons. The van der Waals surface area contributed by atoms with E-state index in [2.05, 4.69) is 0 Å². The van der Waals surface area contributed by atoms with Gasteiger partial charge in [-0.3, -0.25) is 9.36 Å². The Morgan fingerprint density at radius 1 is 1.14 bits per heavy atom. The smallest absolute Gasteiger partial charge is 0.338 e. The number of benzene rings is 2. The van der Waals surface area contributed by atoms with Crippen LogP contribution in [0.1, 0.15) is 29.0 Å². The number of hydrogen-bond acceptors (Lipinski definition) is 8. The van der Waals surface area contributed by atoms with E-state index < -0.39 is 12.0 Å². The molecule has 0 radical (unpaired) electrons. The van der Waals surface area contributed by atoms with Crippen LogP contribution in [0.15, 0.2) is 81.4 Å². The maximum Gasteiger partial charge on any atom is 0.338 e. The lowest BCUT2D eigenvalue weighted by molar-refractivity contribution is -0.138. The van der Waals surface area contributed by atoms with Crippen LogP contribution >= 0.6 is 22.7 Å². The third-order valence-corrected chi connectivity index (χ3v) is 7.79. The first-order valence-electron chi connectivity index (χ1n) is 11.4. The maximum atomic E-state index is 13.8. The van der Waals surface area contributed by atoms with Crippen molar-refractivity contribution in [1.82, 2.24) is 4.57 Å². The van der Waals surface area contributed by atoms with E-state index in [0.717, 1.165) is 16.0 Å². The Labute approximate surface area is 213 Å². The molecule has 4 aromatic rings. The van der Waals surface area contributed by atoms with Crippen molar-refractivity contribution in [3.05, 3.63) is 107 Å². The summed E-state index contributed by atoms with van der Waals surface area (Å²) in [6.45, 7) is 2.16. The fourth-order valence-corrected chi connectivity index (χ4v) is 6.14. The minimum Gasteiger partial charge on any atom is -0.463 e. The van der Waals surface area contributed by atoms with Crippen LogP contribution in [0.4, 0.5) is 0 Å². The molecule has 0 bridgehead atoms. The second-order valence-electron chi connectivity index (χ2n) is 8.06. The second kappa shape index (κ2) is 9.25. The Morgan fingerprint density at radius 2 is 1.97 bits per heavy atom. The number of esters is 1. The van der Waals surface area contributed by atoms with Crippen molar-refractivity contribution in [2.75, 3.05) is 13.4 Å². The van der Waals surface area contributed by atoms with Crippen molar-refractivity contribution < 1.29 is 19.0 Å². The highest BCUT2D eigenvalue weighted by molar-refractivity contribution is 7.10. The van der Waals surface area contributed by atoms with Crippen LogP contribution in [0, 0.1) is 0 Å². The Hall–Kier alpha value is -3.95. The molecule has 6 rings (SSSR count). The van der Waals surface area contributed by atoms with Crippen molar-refractivity contribution in [3.8, 4) is 11.5 Å². The Morgan fingerprint density at radius 3 is 2.75 bits per heavy atom. The van der Waals surface area contributed by atoms with Gasteiger partial charge < -0.3 is 14.2 Å². The topological polar surface area (TPSA) is 79.1 Å². The molecule has 2 aromatic heterocycles. The summed E-state index contributed by atoms with van der Waals surface area (Å²) in [5.74, 6) is 0.838. The van der Waals surface area contributed by atoms with E-state index in [1.54, 1.807) is 11.5 Å². The summed E-state index contributed by atoms with van der Waals surface area (Å²) < 4.78 is 18.5. The van der Waals surface area contributed by atoms with Crippen molar-refractivity contribution in [2.24, 2.45) is 4.99 Å². The molecule has 7 nitrogen and oxygen atoms in total. The molecule has 1 atom stereocenters. The third-order valence-electron chi connectivity index (χ3n) is 5.88. The first-order valence-corrected chi connectivity index (χ1v) is 13.0. The predicted octanol–water partition coefficient (Wildman–Crippen LogP) is 3.73. The maximum absolute atomic E-state index is 13.8. The van der Waals surface area contributed by atoms with Gasteiger partial charge in [0.25, 0.3) is 5.56 Å². The fraction of sp³-hybridized carbons (Fsp3) is 0.148. The second-order valence-corrected chi connectivity index (χ2v) is 10.0. The monoisotopic (exact) mass is 516 g/mol. The van der Waals surface area contributed by atoms with E-state index in [0.29, 0.717) is 32.1 Å². The zero-order valence-corrected chi connectivity index (χ0v) is 20.8. The number of ether oxygens (including phenoxy) is 3. The largest absolute Gasteiger partial charge is 0.463 e. The Kier molecular flexibility index (Phi) is 5.79. The molecule has 2 aromatic carbocycles. The van der Waals surface area contributed by atoms with Gasteiger partial charge in [0.15, 0.2) is 16.3 Å². The average Bonchev–Trinajstić information content (AvgIpc) is 3.65. The highest BCUT2D eigenvalue weighted by Gasteiger charge is 2.35. The van der Waals surface area contributed by atoms with E-state index in [4.69, 9.17) is 19.2 Å². The van der Waals surface area contributed by atoms with Crippen molar-refractivity contribution in [2.45, 2.75) is 13.0 Å². The van der Waals surface area contributed by atoms with Gasteiger partial charge in [-0.1, -0.05) is 53.8 Å². The highest BCUT2D eigenvalue weighted by Crippen LogP contribution is 2.37. The van der Waals surface area contributed by atoms with Crippen LogP contribution in [0.5, 0.6) is 11.5 Å². The lowest BCUT2D eigenvalue weighted by Gasteiger charge is -2.24. The minimum absolute atomic E-state index is 0.181. The molecule has 0 N–H and O–H groups in total. The predicted molar refractivity (Wildman–Crippen MR) is 138 cm³/mol. The van der Waals surface area contributed by atoms with E-state index >= 15 is 0 Å². The van der Waals surface area contributed by atoms with Crippen LogP contribution in [-0.4, -0.2) is 23.9 Å². The molecule has 4 heterocycles. The molecule has 0 saturated carbocycles. The number of thiazole rings is 1. The molecule has 0 fully saturated rings. The first-order chi connectivity index (χ1) is 17.6. The molecular weight excluding hydrogens is 496 g/mol. The lowest BCUT2D eigenvalue weighted by Crippen LogP contribution is -2.39. The summed E-state index contributed by atoms with van der Waals surface area (Å²) in [5, 5.41) is 1.93. The van der Waals surface area contributed by atoms with Crippen LogP contribution in [0.25, 0.3) is 11.8 Å². The number of hydrogen-bond donors (Lipinski definition) is 0. The highest BCUT2D eigenvalue weighted by atomic mass is 32.1. The quantitative estimate of drug-likeness (QED) is 0.378. The summed E-state index contributed by atoms with van der Waals surface area (Å²) in [4.78, 5) is 33.3. The van der Waals surface area contributed by atoms with Gasteiger partial charge in [-0.2, -0.15) is 0 Å². The molecule has 0 amide bonds. The van der Waals surface area contributed by atoms with Gasteiger partial charge in [0, 0.05) is 10.4 Å².